The van der Waals surface area contributed by atoms with Crippen LogP contribution in [0.4, 0.5) is 0 Å². The van der Waals surface area contributed by atoms with Crippen LogP contribution in [0.3, 0.4) is 0 Å². The molecule has 3 aromatic rings. The molecule has 0 spiro atoms. The average Bonchev–Trinajstić information content (AvgIpc) is 2.54. The Morgan fingerprint density at radius 1 is 1.05 bits per heavy atom. The lowest BCUT2D eigenvalue weighted by molar-refractivity contribution is 0.103. The van der Waals surface area contributed by atoms with E-state index >= 15 is 0 Å². The molecule has 2 aromatic carbocycles. The SMILES string of the molecule is NCCc1ccccc1C(=O)c1ccc2cccnc2c1. The Bertz CT molecular complexity index is 796. The van der Waals surface area contributed by atoms with Crippen LogP contribution in [0.1, 0.15) is 21.5 Å². The van der Waals surface area contributed by atoms with Gasteiger partial charge in [0.1, 0.15) is 0 Å². The summed E-state index contributed by atoms with van der Waals surface area (Å²) in [6, 6.07) is 17.1. The second-order valence-electron chi connectivity index (χ2n) is 4.94. The standard InChI is InChI=1S/C18H16N2O/c19-10-9-13-4-1-2-6-16(13)18(21)15-8-7-14-5-3-11-20-17(14)12-15/h1-8,11-12H,9-10,19H2. The van der Waals surface area contributed by atoms with Gasteiger partial charge in [0.25, 0.3) is 0 Å². The van der Waals surface area contributed by atoms with Gasteiger partial charge in [-0.2, -0.15) is 0 Å². The van der Waals surface area contributed by atoms with E-state index in [9.17, 15) is 4.79 Å². The molecule has 3 nitrogen and oxygen atoms in total. The number of benzene rings is 2. The highest BCUT2D eigenvalue weighted by Gasteiger charge is 2.13. The third kappa shape index (κ3) is 2.69. The van der Waals surface area contributed by atoms with Crippen molar-refractivity contribution < 1.29 is 4.79 Å². The van der Waals surface area contributed by atoms with Crippen molar-refractivity contribution in [1.82, 2.24) is 4.98 Å². The van der Waals surface area contributed by atoms with Gasteiger partial charge in [-0.1, -0.05) is 42.5 Å². The van der Waals surface area contributed by atoms with Gasteiger partial charge in [-0.05, 0) is 30.7 Å². The molecule has 2 N–H and O–H groups in total. The van der Waals surface area contributed by atoms with Crippen molar-refractivity contribution in [2.75, 3.05) is 6.54 Å². The van der Waals surface area contributed by atoms with Crippen molar-refractivity contribution in [1.29, 1.82) is 0 Å². The normalized spacial score (nSPS) is 10.7. The van der Waals surface area contributed by atoms with E-state index in [-0.39, 0.29) is 5.78 Å². The first kappa shape index (κ1) is 13.5. The van der Waals surface area contributed by atoms with E-state index in [1.54, 1.807) is 6.20 Å². The molecule has 1 heterocycles. The van der Waals surface area contributed by atoms with Gasteiger partial charge in [0.05, 0.1) is 5.52 Å². The fourth-order valence-electron chi connectivity index (χ4n) is 2.48. The largest absolute Gasteiger partial charge is 0.330 e. The van der Waals surface area contributed by atoms with E-state index in [2.05, 4.69) is 4.98 Å². The molecule has 0 radical (unpaired) electrons. The minimum Gasteiger partial charge on any atom is -0.330 e. The van der Waals surface area contributed by atoms with Gasteiger partial charge in [-0.15, -0.1) is 0 Å². The summed E-state index contributed by atoms with van der Waals surface area (Å²) < 4.78 is 0. The molecule has 0 bridgehead atoms. The van der Waals surface area contributed by atoms with Crippen LogP contribution in [0.25, 0.3) is 10.9 Å². The summed E-state index contributed by atoms with van der Waals surface area (Å²) in [4.78, 5) is 17.0. The lowest BCUT2D eigenvalue weighted by Crippen LogP contribution is -2.09. The number of fused-ring (bicyclic) bond motifs is 1. The first-order chi connectivity index (χ1) is 10.3. The fourth-order valence-corrected chi connectivity index (χ4v) is 2.48. The number of carbonyl (C=O) groups excluding carboxylic acids is 1. The van der Waals surface area contributed by atoms with Crippen molar-refractivity contribution >= 4 is 16.7 Å². The second kappa shape index (κ2) is 5.85. The van der Waals surface area contributed by atoms with Crippen molar-refractivity contribution in [2.45, 2.75) is 6.42 Å². The first-order valence-corrected chi connectivity index (χ1v) is 6.97. The maximum absolute atomic E-state index is 12.7. The molecular weight excluding hydrogens is 260 g/mol. The number of aromatic nitrogens is 1. The van der Waals surface area contributed by atoms with Crippen molar-refractivity contribution in [3.63, 3.8) is 0 Å². The van der Waals surface area contributed by atoms with Crippen LogP contribution in [0, 0.1) is 0 Å². The molecule has 0 atom stereocenters. The van der Waals surface area contributed by atoms with Crippen LogP contribution in [0.15, 0.2) is 60.8 Å². The molecule has 0 unspecified atom stereocenters. The maximum Gasteiger partial charge on any atom is 0.193 e. The predicted octanol–water partition coefficient (Wildman–Crippen LogP) is 2.97. The highest BCUT2D eigenvalue weighted by Crippen LogP contribution is 2.19. The van der Waals surface area contributed by atoms with Gasteiger partial charge in [0.2, 0.25) is 0 Å². The van der Waals surface area contributed by atoms with E-state index in [0.717, 1.165) is 22.0 Å². The molecule has 0 aliphatic heterocycles. The van der Waals surface area contributed by atoms with Gasteiger partial charge < -0.3 is 5.73 Å². The average molecular weight is 276 g/mol. The van der Waals surface area contributed by atoms with E-state index < -0.39 is 0 Å². The highest BCUT2D eigenvalue weighted by molar-refractivity contribution is 6.11. The Balaban J connectivity index is 2.04. The van der Waals surface area contributed by atoms with Gasteiger partial charge in [-0.25, -0.2) is 0 Å². The fraction of sp³-hybridized carbons (Fsp3) is 0.111. The number of ketones is 1. The number of carbonyl (C=O) groups is 1. The van der Waals surface area contributed by atoms with Crippen LogP contribution < -0.4 is 5.73 Å². The third-order valence-corrected chi connectivity index (χ3v) is 3.54. The van der Waals surface area contributed by atoms with Crippen LogP contribution >= 0.6 is 0 Å². The summed E-state index contributed by atoms with van der Waals surface area (Å²) in [5.74, 6) is 0.0200. The van der Waals surface area contributed by atoms with Crippen LogP contribution in [0.5, 0.6) is 0 Å². The summed E-state index contributed by atoms with van der Waals surface area (Å²) in [6.45, 7) is 0.531. The summed E-state index contributed by atoms with van der Waals surface area (Å²) in [7, 11) is 0. The molecule has 0 fully saturated rings. The van der Waals surface area contributed by atoms with Gasteiger partial charge in [0, 0.05) is 22.7 Å². The zero-order chi connectivity index (χ0) is 14.7. The monoisotopic (exact) mass is 276 g/mol. The molecule has 21 heavy (non-hydrogen) atoms. The topological polar surface area (TPSA) is 56.0 Å². The van der Waals surface area contributed by atoms with E-state index in [1.807, 2.05) is 54.6 Å². The number of hydrogen-bond acceptors (Lipinski definition) is 3. The molecule has 104 valence electrons. The number of pyridine rings is 1. The minimum absolute atomic E-state index is 0.0200. The number of hydrogen-bond donors (Lipinski definition) is 1. The molecule has 0 amide bonds. The smallest absolute Gasteiger partial charge is 0.193 e. The quantitative estimate of drug-likeness (QED) is 0.745. The van der Waals surface area contributed by atoms with E-state index in [0.29, 0.717) is 18.5 Å². The number of nitrogens with zero attached hydrogens (tertiary/aromatic N) is 1. The number of nitrogens with two attached hydrogens (primary N) is 1. The van der Waals surface area contributed by atoms with Crippen molar-refractivity contribution in [3.05, 3.63) is 77.5 Å². The number of rotatable bonds is 4. The molecule has 0 aliphatic carbocycles. The van der Waals surface area contributed by atoms with E-state index in [1.165, 1.54) is 0 Å². The molecule has 0 saturated carbocycles. The molecule has 3 rings (SSSR count). The van der Waals surface area contributed by atoms with Crippen molar-refractivity contribution in [2.24, 2.45) is 5.73 Å². The Hall–Kier alpha value is -2.52. The Kier molecular flexibility index (Phi) is 3.75. The zero-order valence-electron chi connectivity index (χ0n) is 11.6. The van der Waals surface area contributed by atoms with Crippen LogP contribution in [-0.2, 0) is 6.42 Å². The summed E-state index contributed by atoms with van der Waals surface area (Å²) in [6.07, 6.45) is 2.44. The van der Waals surface area contributed by atoms with Crippen LogP contribution in [-0.4, -0.2) is 17.3 Å². The molecule has 1 aromatic heterocycles. The molecular formula is C18H16N2O. The summed E-state index contributed by atoms with van der Waals surface area (Å²) in [5, 5.41) is 1.03. The summed E-state index contributed by atoms with van der Waals surface area (Å²) >= 11 is 0. The molecule has 0 aliphatic rings. The molecule has 0 saturated heterocycles. The highest BCUT2D eigenvalue weighted by atomic mass is 16.1. The Labute approximate surface area is 123 Å². The Morgan fingerprint density at radius 3 is 2.76 bits per heavy atom. The first-order valence-electron chi connectivity index (χ1n) is 6.97. The second-order valence-corrected chi connectivity index (χ2v) is 4.94. The van der Waals surface area contributed by atoms with Gasteiger partial charge in [0.15, 0.2) is 5.78 Å². The minimum atomic E-state index is 0.0200. The van der Waals surface area contributed by atoms with Crippen LogP contribution in [0.2, 0.25) is 0 Å². The lowest BCUT2D eigenvalue weighted by atomic mass is 9.96. The Morgan fingerprint density at radius 2 is 1.90 bits per heavy atom. The zero-order valence-corrected chi connectivity index (χ0v) is 11.6. The molecule has 3 heteroatoms. The maximum atomic E-state index is 12.7. The third-order valence-electron chi connectivity index (χ3n) is 3.54. The van der Waals surface area contributed by atoms with E-state index in [4.69, 9.17) is 5.73 Å². The lowest BCUT2D eigenvalue weighted by Gasteiger charge is -2.08. The predicted molar refractivity (Wildman–Crippen MR) is 84.4 cm³/mol. The summed E-state index contributed by atoms with van der Waals surface area (Å²) in [5.41, 5.74) is 8.82. The van der Waals surface area contributed by atoms with Gasteiger partial charge >= 0.3 is 0 Å². The van der Waals surface area contributed by atoms with Gasteiger partial charge in [-0.3, -0.25) is 9.78 Å². The van der Waals surface area contributed by atoms with Crippen molar-refractivity contribution in [3.8, 4) is 0 Å².